The van der Waals surface area contributed by atoms with Gasteiger partial charge in [-0.2, -0.15) is 0 Å². The molecule has 0 amide bonds. The van der Waals surface area contributed by atoms with Crippen LogP contribution in [-0.4, -0.2) is 18.1 Å². The first-order chi connectivity index (χ1) is 10.0. The van der Waals surface area contributed by atoms with E-state index in [0.29, 0.717) is 17.7 Å². The van der Waals surface area contributed by atoms with Crippen molar-refractivity contribution >= 4 is 23.1 Å². The number of rotatable bonds is 4. The molecule has 0 fully saturated rings. The van der Waals surface area contributed by atoms with E-state index in [4.69, 9.17) is 22.5 Å². The van der Waals surface area contributed by atoms with Crippen molar-refractivity contribution in [2.24, 2.45) is 10.9 Å². The van der Waals surface area contributed by atoms with Crippen LogP contribution in [0.3, 0.4) is 0 Å². The summed E-state index contributed by atoms with van der Waals surface area (Å²) in [6, 6.07) is 11.9. The summed E-state index contributed by atoms with van der Waals surface area (Å²) < 4.78 is 13.4. The number of hydrogen-bond donors (Lipinski definition) is 2. The van der Waals surface area contributed by atoms with Crippen LogP contribution in [0.5, 0.6) is 0 Å². The minimum absolute atomic E-state index is 0.0361. The topological polar surface area (TPSA) is 61.8 Å². The molecule has 0 aromatic heterocycles. The van der Waals surface area contributed by atoms with Crippen LogP contribution in [0.1, 0.15) is 11.1 Å². The molecule has 110 valence electrons. The lowest BCUT2D eigenvalue weighted by atomic mass is 10.1. The van der Waals surface area contributed by atoms with E-state index in [1.54, 1.807) is 30.3 Å². The van der Waals surface area contributed by atoms with E-state index in [-0.39, 0.29) is 10.9 Å². The van der Waals surface area contributed by atoms with E-state index < -0.39 is 5.82 Å². The third-order valence-corrected chi connectivity index (χ3v) is 3.55. The van der Waals surface area contributed by atoms with E-state index >= 15 is 0 Å². The molecule has 0 unspecified atom stereocenters. The van der Waals surface area contributed by atoms with Crippen molar-refractivity contribution in [2.75, 3.05) is 11.9 Å². The minimum Gasteiger partial charge on any atom is -0.409 e. The maximum atomic E-state index is 13.4. The second-order valence-electron chi connectivity index (χ2n) is 4.60. The standard InChI is InChI=1S/C15H15ClFN3O/c1-20(9-11-5-3-7-13(17)14(11)16)12-6-2-4-10(8-12)15(18)19-21/h2-8,21H,9H2,1H3,(H2,18,19). The van der Waals surface area contributed by atoms with Crippen LogP contribution in [0, 0.1) is 5.82 Å². The summed E-state index contributed by atoms with van der Waals surface area (Å²) >= 11 is 5.96. The number of oxime groups is 1. The number of halogens is 2. The van der Waals surface area contributed by atoms with E-state index in [1.165, 1.54) is 6.07 Å². The van der Waals surface area contributed by atoms with Gasteiger partial charge in [-0.15, -0.1) is 0 Å². The number of anilines is 1. The fourth-order valence-corrected chi connectivity index (χ4v) is 2.16. The monoisotopic (exact) mass is 307 g/mol. The highest BCUT2D eigenvalue weighted by Gasteiger charge is 2.10. The molecule has 3 N–H and O–H groups in total. The second-order valence-corrected chi connectivity index (χ2v) is 4.98. The van der Waals surface area contributed by atoms with E-state index in [1.807, 2.05) is 18.0 Å². The van der Waals surface area contributed by atoms with Crippen molar-refractivity contribution in [1.29, 1.82) is 0 Å². The summed E-state index contributed by atoms with van der Waals surface area (Å²) in [6.07, 6.45) is 0. The lowest BCUT2D eigenvalue weighted by molar-refractivity contribution is 0.318. The van der Waals surface area contributed by atoms with Crippen molar-refractivity contribution in [3.05, 3.63) is 64.4 Å². The van der Waals surface area contributed by atoms with Crippen molar-refractivity contribution < 1.29 is 9.60 Å². The molecule has 0 atom stereocenters. The maximum absolute atomic E-state index is 13.4. The van der Waals surface area contributed by atoms with Gasteiger partial charge in [-0.25, -0.2) is 4.39 Å². The molecule has 6 heteroatoms. The Hall–Kier alpha value is -2.27. The number of amidine groups is 1. The molecule has 0 aliphatic carbocycles. The highest BCUT2D eigenvalue weighted by Crippen LogP contribution is 2.23. The van der Waals surface area contributed by atoms with Gasteiger partial charge in [0.25, 0.3) is 0 Å². The zero-order valence-corrected chi connectivity index (χ0v) is 12.2. The highest BCUT2D eigenvalue weighted by atomic mass is 35.5. The Kier molecular flexibility index (Phi) is 4.65. The summed E-state index contributed by atoms with van der Waals surface area (Å²) in [6.45, 7) is 0.441. The number of nitrogens with two attached hydrogens (primary N) is 1. The molecular weight excluding hydrogens is 293 g/mol. The average Bonchev–Trinajstić information content (AvgIpc) is 2.51. The molecule has 21 heavy (non-hydrogen) atoms. The first kappa shape index (κ1) is 15.1. The van der Waals surface area contributed by atoms with Gasteiger partial charge >= 0.3 is 0 Å². The molecular formula is C15H15ClFN3O. The normalized spacial score (nSPS) is 11.5. The predicted molar refractivity (Wildman–Crippen MR) is 82.5 cm³/mol. The molecule has 2 aromatic rings. The first-order valence-corrected chi connectivity index (χ1v) is 6.62. The molecule has 0 radical (unpaired) electrons. The van der Waals surface area contributed by atoms with Gasteiger partial charge in [0.2, 0.25) is 0 Å². The summed E-state index contributed by atoms with van der Waals surface area (Å²) in [5.74, 6) is -0.401. The summed E-state index contributed by atoms with van der Waals surface area (Å²) in [5, 5.41) is 11.8. The largest absolute Gasteiger partial charge is 0.409 e. The van der Waals surface area contributed by atoms with Crippen molar-refractivity contribution in [1.82, 2.24) is 0 Å². The third-order valence-electron chi connectivity index (χ3n) is 3.13. The Morgan fingerprint density at radius 2 is 2.05 bits per heavy atom. The molecule has 0 aliphatic rings. The van der Waals surface area contributed by atoms with Gasteiger partial charge in [0.15, 0.2) is 5.84 Å². The Morgan fingerprint density at radius 1 is 1.33 bits per heavy atom. The van der Waals surface area contributed by atoms with Gasteiger partial charge in [0.05, 0.1) is 5.02 Å². The number of hydrogen-bond acceptors (Lipinski definition) is 3. The fraction of sp³-hybridized carbons (Fsp3) is 0.133. The lowest BCUT2D eigenvalue weighted by Crippen LogP contribution is -2.18. The smallest absolute Gasteiger partial charge is 0.170 e. The van der Waals surface area contributed by atoms with Crippen molar-refractivity contribution in [3.63, 3.8) is 0 Å². The third kappa shape index (κ3) is 3.44. The Balaban J connectivity index is 2.24. The Morgan fingerprint density at radius 3 is 2.76 bits per heavy atom. The van der Waals surface area contributed by atoms with Crippen LogP contribution in [-0.2, 0) is 6.54 Å². The summed E-state index contributed by atoms with van der Waals surface area (Å²) in [4.78, 5) is 1.90. The molecule has 0 bridgehead atoms. The lowest BCUT2D eigenvalue weighted by Gasteiger charge is -2.20. The molecule has 0 saturated carbocycles. The van der Waals surface area contributed by atoms with E-state index in [9.17, 15) is 4.39 Å². The fourth-order valence-electron chi connectivity index (χ4n) is 1.98. The zero-order chi connectivity index (χ0) is 15.4. The van der Waals surface area contributed by atoms with Crippen LogP contribution >= 0.6 is 11.6 Å². The van der Waals surface area contributed by atoms with E-state index in [0.717, 1.165) is 5.69 Å². The molecule has 4 nitrogen and oxygen atoms in total. The van der Waals surface area contributed by atoms with Crippen LogP contribution in [0.25, 0.3) is 0 Å². The van der Waals surface area contributed by atoms with Gasteiger partial charge < -0.3 is 15.8 Å². The Labute approximate surface area is 127 Å². The summed E-state index contributed by atoms with van der Waals surface area (Å²) in [5.41, 5.74) is 7.71. The summed E-state index contributed by atoms with van der Waals surface area (Å²) in [7, 11) is 1.85. The number of benzene rings is 2. The van der Waals surface area contributed by atoms with Gasteiger partial charge in [-0.05, 0) is 23.8 Å². The van der Waals surface area contributed by atoms with Gasteiger partial charge in [0.1, 0.15) is 5.82 Å². The first-order valence-electron chi connectivity index (χ1n) is 6.25. The van der Waals surface area contributed by atoms with Crippen LogP contribution < -0.4 is 10.6 Å². The SMILES string of the molecule is CN(Cc1cccc(F)c1Cl)c1cccc(/C(N)=N/O)c1. The van der Waals surface area contributed by atoms with Gasteiger partial charge in [-0.1, -0.05) is 41.0 Å². The Bertz CT molecular complexity index is 676. The maximum Gasteiger partial charge on any atom is 0.170 e. The predicted octanol–water partition coefficient (Wildman–Crippen LogP) is 3.21. The minimum atomic E-state index is -0.437. The average molecular weight is 308 g/mol. The van der Waals surface area contributed by atoms with Crippen LogP contribution in [0.4, 0.5) is 10.1 Å². The van der Waals surface area contributed by atoms with Crippen LogP contribution in [0.15, 0.2) is 47.6 Å². The van der Waals surface area contributed by atoms with Crippen LogP contribution in [0.2, 0.25) is 5.02 Å². The molecule has 0 aliphatic heterocycles. The van der Waals surface area contributed by atoms with Crippen molar-refractivity contribution in [2.45, 2.75) is 6.54 Å². The molecule has 0 heterocycles. The van der Waals surface area contributed by atoms with Gasteiger partial charge in [-0.3, -0.25) is 0 Å². The molecule has 2 rings (SSSR count). The number of nitrogens with zero attached hydrogens (tertiary/aromatic N) is 2. The van der Waals surface area contributed by atoms with Crippen molar-refractivity contribution in [3.8, 4) is 0 Å². The molecule has 2 aromatic carbocycles. The molecule has 0 spiro atoms. The zero-order valence-electron chi connectivity index (χ0n) is 11.4. The van der Waals surface area contributed by atoms with E-state index in [2.05, 4.69) is 5.16 Å². The second kappa shape index (κ2) is 6.45. The van der Waals surface area contributed by atoms with Gasteiger partial charge in [0, 0.05) is 24.8 Å². The highest BCUT2D eigenvalue weighted by molar-refractivity contribution is 6.31. The molecule has 0 saturated heterocycles. The quantitative estimate of drug-likeness (QED) is 0.394.